The molecule has 0 heterocycles. The largest absolute Gasteiger partial charge is 0.115 e. The second-order valence-corrected chi connectivity index (χ2v) is 15.3. The normalized spacial score (nSPS) is 12.8. The Morgan fingerprint density at radius 3 is 1.09 bits per heavy atom. The van der Waals surface area contributed by atoms with E-state index in [0.717, 1.165) is 34.6 Å². The van der Waals surface area contributed by atoms with Gasteiger partial charge in [-0.1, -0.05) is 76.5 Å². The van der Waals surface area contributed by atoms with Gasteiger partial charge in [-0.2, -0.15) is 0 Å². The van der Waals surface area contributed by atoms with Crippen molar-refractivity contribution in [3.8, 4) is 47.9 Å². The molecule has 0 aliphatic rings. The maximum atomic E-state index is 5.46. The van der Waals surface area contributed by atoms with Gasteiger partial charge in [0, 0.05) is 22.3 Å². The van der Waals surface area contributed by atoms with Gasteiger partial charge in [-0.25, -0.2) is 0 Å². The molecule has 162 valence electrons. The highest BCUT2D eigenvalue weighted by Crippen LogP contribution is 2.54. The Hall–Kier alpha value is -2.46. The zero-order chi connectivity index (χ0) is 23.8. The Labute approximate surface area is 198 Å². The van der Waals surface area contributed by atoms with E-state index in [1.165, 1.54) is 0 Å². The molecule has 0 bridgehead atoms. The quantitative estimate of drug-likeness (QED) is 0.332. The molecule has 2 unspecified atom stereocenters. The third-order valence-corrected chi connectivity index (χ3v) is 10.6. The summed E-state index contributed by atoms with van der Waals surface area (Å²) < 4.78 is 0. The maximum Gasteiger partial charge on any atom is 0.0249 e. The van der Waals surface area contributed by atoms with Crippen LogP contribution in [0.4, 0.5) is 0 Å². The third-order valence-electron chi connectivity index (χ3n) is 4.94. The minimum absolute atomic E-state index is 0.165. The third kappa shape index (κ3) is 8.23. The molecule has 2 heteroatoms. The molecule has 0 amide bonds. The van der Waals surface area contributed by atoms with Gasteiger partial charge in [-0.3, -0.25) is 0 Å². The van der Waals surface area contributed by atoms with Crippen LogP contribution in [0.1, 0.15) is 63.8 Å². The highest BCUT2D eigenvalue weighted by Gasteiger charge is 2.27. The Balaban J connectivity index is 2.19. The average molecular weight is 455 g/mol. The Morgan fingerprint density at radius 2 is 0.844 bits per heavy atom. The topological polar surface area (TPSA) is 0 Å². The van der Waals surface area contributed by atoms with E-state index < -0.39 is 15.8 Å². The molecule has 2 atom stereocenters. The molecule has 0 aliphatic carbocycles. The summed E-state index contributed by atoms with van der Waals surface area (Å²) >= 11 is 0. The molecule has 0 aromatic heterocycles. The predicted octanol–water partition coefficient (Wildman–Crippen LogP) is 7.53. The van der Waals surface area contributed by atoms with Gasteiger partial charge < -0.3 is 0 Å². The van der Waals surface area contributed by atoms with Crippen LogP contribution in [0.15, 0.2) is 48.5 Å². The number of hydrogen-bond acceptors (Lipinski definition) is 0. The summed E-state index contributed by atoms with van der Waals surface area (Å²) in [5.41, 5.74) is 11.0. The lowest BCUT2D eigenvalue weighted by Crippen LogP contribution is -2.17. The van der Waals surface area contributed by atoms with E-state index in [2.05, 4.69) is 76.5 Å². The Kier molecular flexibility index (Phi) is 9.21. The van der Waals surface area contributed by atoms with E-state index in [1.54, 1.807) is 0 Å². The van der Waals surface area contributed by atoms with E-state index in [-0.39, 0.29) is 10.3 Å². The fourth-order valence-corrected chi connectivity index (χ4v) is 7.25. The molecule has 2 aromatic carbocycles. The molecule has 0 spiro atoms. The first-order chi connectivity index (χ1) is 15.0. The van der Waals surface area contributed by atoms with Crippen LogP contribution in [0.3, 0.4) is 0 Å². The van der Waals surface area contributed by atoms with E-state index in [9.17, 15) is 0 Å². The van der Waals surface area contributed by atoms with Crippen molar-refractivity contribution < 1.29 is 0 Å². The van der Waals surface area contributed by atoms with Crippen LogP contribution in [-0.2, 0) is 0 Å². The summed E-state index contributed by atoms with van der Waals surface area (Å²) in [6.07, 6.45) is 13.1. The smallest absolute Gasteiger partial charge is 0.0249 e. The van der Waals surface area contributed by atoms with Gasteiger partial charge in [0.1, 0.15) is 0 Å². The molecule has 0 fully saturated rings. The van der Waals surface area contributed by atoms with Crippen molar-refractivity contribution in [2.75, 3.05) is 12.3 Å². The second-order valence-electron chi connectivity index (χ2n) is 9.56. The van der Waals surface area contributed by atoms with E-state index in [1.807, 2.05) is 48.5 Å². The van der Waals surface area contributed by atoms with Crippen molar-refractivity contribution >= 4 is 15.8 Å². The monoisotopic (exact) mass is 454 g/mol. The number of rotatable bonds is 3. The lowest BCUT2D eigenvalue weighted by atomic mass is 10.1. The molecule has 32 heavy (non-hydrogen) atoms. The zero-order valence-electron chi connectivity index (χ0n) is 20.1. The summed E-state index contributed by atoms with van der Waals surface area (Å²) in [6, 6.07) is 15.9. The van der Waals surface area contributed by atoms with Crippen LogP contribution in [0.25, 0.3) is 0 Å². The minimum atomic E-state index is -0.463. The van der Waals surface area contributed by atoms with Crippen LogP contribution >= 0.6 is 15.8 Å². The first kappa shape index (κ1) is 25.8. The molecule has 0 aliphatic heterocycles. The van der Waals surface area contributed by atoms with Crippen molar-refractivity contribution in [3.05, 3.63) is 70.8 Å². The molecule has 0 nitrogen and oxygen atoms in total. The van der Waals surface area contributed by atoms with Gasteiger partial charge >= 0.3 is 0 Å². The van der Waals surface area contributed by atoms with Crippen LogP contribution in [-0.4, -0.2) is 22.6 Å². The van der Waals surface area contributed by atoms with Crippen molar-refractivity contribution in [2.24, 2.45) is 0 Å². The standard InChI is InChI=1S/C30H32P2/c1-9-25-11-15-27(16-12-25)19-21-31(29(3,4)5)23-24-32(30(6,7)8)22-20-28-17-13-26(10-2)14-18-28/h1-2,11-18H,23-24H2,3-8H3. The van der Waals surface area contributed by atoms with Gasteiger partial charge in [-0.05, 0) is 87.0 Å². The van der Waals surface area contributed by atoms with Crippen LogP contribution in [0, 0.1) is 47.9 Å². The molecule has 0 saturated heterocycles. The van der Waals surface area contributed by atoms with E-state index in [0.29, 0.717) is 0 Å². The highest BCUT2D eigenvalue weighted by atomic mass is 31.1. The number of hydrogen-bond donors (Lipinski definition) is 0. The molecular weight excluding hydrogens is 422 g/mol. The van der Waals surface area contributed by atoms with E-state index in [4.69, 9.17) is 12.8 Å². The van der Waals surface area contributed by atoms with Gasteiger partial charge in [-0.15, -0.1) is 12.8 Å². The van der Waals surface area contributed by atoms with Crippen LogP contribution < -0.4 is 0 Å². The van der Waals surface area contributed by atoms with Crippen LogP contribution in [0.2, 0.25) is 0 Å². The molecule has 0 radical (unpaired) electrons. The molecular formula is C30H32P2. The number of benzene rings is 2. The summed E-state index contributed by atoms with van der Waals surface area (Å²) in [6.45, 7) is 13.8. The van der Waals surface area contributed by atoms with Crippen molar-refractivity contribution in [1.82, 2.24) is 0 Å². The summed E-state index contributed by atoms with van der Waals surface area (Å²) in [4.78, 5) is 0. The summed E-state index contributed by atoms with van der Waals surface area (Å²) in [7, 11) is -0.926. The summed E-state index contributed by atoms with van der Waals surface area (Å²) in [5.74, 6) is 12.1. The maximum absolute atomic E-state index is 5.46. The first-order valence-corrected chi connectivity index (χ1v) is 13.8. The molecule has 2 aromatic rings. The Morgan fingerprint density at radius 1 is 0.562 bits per heavy atom. The minimum Gasteiger partial charge on any atom is -0.115 e. The van der Waals surface area contributed by atoms with Gasteiger partial charge in [0.2, 0.25) is 0 Å². The highest BCUT2D eigenvalue weighted by molar-refractivity contribution is 7.68. The van der Waals surface area contributed by atoms with Crippen molar-refractivity contribution in [3.63, 3.8) is 0 Å². The second kappa shape index (κ2) is 11.4. The molecule has 0 saturated carbocycles. The lowest BCUT2D eigenvalue weighted by molar-refractivity contribution is 0.781. The fourth-order valence-electron chi connectivity index (χ4n) is 2.88. The fraction of sp³-hybridized carbons (Fsp3) is 0.333. The van der Waals surface area contributed by atoms with Gasteiger partial charge in [0.25, 0.3) is 0 Å². The zero-order valence-corrected chi connectivity index (χ0v) is 21.9. The molecule has 0 N–H and O–H groups in total. The van der Waals surface area contributed by atoms with Gasteiger partial charge in [0.05, 0.1) is 0 Å². The van der Waals surface area contributed by atoms with Crippen LogP contribution in [0.5, 0.6) is 0 Å². The molecule has 2 rings (SSSR count). The lowest BCUT2D eigenvalue weighted by Gasteiger charge is -2.31. The number of terminal acetylenes is 2. The Bertz CT molecular complexity index is 1010. The van der Waals surface area contributed by atoms with Gasteiger partial charge in [0.15, 0.2) is 0 Å². The SMILES string of the molecule is C#Cc1ccc(C#CP(CCP(C#Cc2ccc(C#C)cc2)C(C)(C)C)C(C)(C)C)cc1. The van der Waals surface area contributed by atoms with Crippen molar-refractivity contribution in [1.29, 1.82) is 0 Å². The van der Waals surface area contributed by atoms with Crippen molar-refractivity contribution in [2.45, 2.75) is 51.9 Å². The summed E-state index contributed by atoms with van der Waals surface area (Å²) in [5, 5.41) is 0.330. The average Bonchev–Trinajstić information content (AvgIpc) is 2.74. The van der Waals surface area contributed by atoms with E-state index >= 15 is 0 Å². The first-order valence-electron chi connectivity index (χ1n) is 10.7. The predicted molar refractivity (Wildman–Crippen MR) is 146 cm³/mol.